The van der Waals surface area contributed by atoms with Crippen molar-refractivity contribution in [2.24, 2.45) is 0 Å². The summed E-state index contributed by atoms with van der Waals surface area (Å²) < 4.78 is 18.4. The van der Waals surface area contributed by atoms with Gasteiger partial charge in [-0.15, -0.1) is 0 Å². The summed E-state index contributed by atoms with van der Waals surface area (Å²) in [5, 5.41) is 0.957. The quantitative estimate of drug-likeness (QED) is 0.793. The van der Waals surface area contributed by atoms with Crippen LogP contribution in [0, 0.1) is 0 Å². The summed E-state index contributed by atoms with van der Waals surface area (Å²) in [5.74, 6) is 0. The van der Waals surface area contributed by atoms with Crippen LogP contribution < -0.4 is 9.97 Å². The lowest BCUT2D eigenvalue weighted by molar-refractivity contribution is 0.436. The van der Waals surface area contributed by atoms with E-state index in [2.05, 4.69) is 21.5 Å². The molecule has 2 aliphatic heterocycles. The maximum Gasteiger partial charge on any atom is 0.269 e. The maximum atomic E-state index is 14.0. The second kappa shape index (κ2) is 5.01. The fraction of sp³-hybridized carbons (Fsp3) is 0.294. The molecule has 0 radical (unpaired) electrons. The Kier molecular flexibility index (Phi) is 3.13. The van der Waals surface area contributed by atoms with E-state index in [1.807, 2.05) is 48.5 Å². The van der Waals surface area contributed by atoms with Gasteiger partial charge in [0.05, 0.1) is 0 Å². The number of nitrogens with zero attached hydrogens (tertiary/aromatic N) is 2. The highest BCUT2D eigenvalue weighted by Gasteiger charge is 2.51. The lowest BCUT2D eigenvalue weighted by atomic mass is 10.2. The van der Waals surface area contributed by atoms with Gasteiger partial charge in [0, 0.05) is 30.1 Å². The summed E-state index contributed by atoms with van der Waals surface area (Å²) in [6.45, 7) is 1.82. The Labute approximate surface area is 125 Å². The molecule has 108 valence electrons. The molecule has 0 aromatic heterocycles. The summed E-state index contributed by atoms with van der Waals surface area (Å²) in [6.07, 6.45) is 2.31. The van der Waals surface area contributed by atoms with Gasteiger partial charge in [0.15, 0.2) is 0 Å². The smallest absolute Gasteiger partial charge is 0.269 e. The first kappa shape index (κ1) is 13.1. The molecule has 2 aliphatic rings. The van der Waals surface area contributed by atoms with E-state index in [0.29, 0.717) is 6.04 Å². The van der Waals surface area contributed by atoms with Crippen molar-refractivity contribution in [3.8, 4) is 0 Å². The third kappa shape index (κ3) is 1.96. The van der Waals surface area contributed by atoms with Crippen molar-refractivity contribution in [1.82, 2.24) is 4.67 Å². The molecule has 3 nitrogen and oxygen atoms in total. The highest BCUT2D eigenvalue weighted by atomic mass is 31.2. The minimum Gasteiger partial charge on any atom is -0.306 e. The Morgan fingerprint density at radius 1 is 0.952 bits per heavy atom. The lowest BCUT2D eigenvalue weighted by Crippen LogP contribution is -2.27. The SMILES string of the molecule is O=[P@@]1(c2ccccc2)N(c2ccccc2)C[C@@H]2CCCN21. The second-order valence-corrected chi connectivity index (χ2v) is 8.36. The average molecular weight is 298 g/mol. The Bertz CT molecular complexity index is 674. The van der Waals surface area contributed by atoms with Gasteiger partial charge in [-0.05, 0) is 37.1 Å². The first-order chi connectivity index (χ1) is 10.3. The van der Waals surface area contributed by atoms with Crippen LogP contribution in [0.5, 0.6) is 0 Å². The molecule has 4 rings (SSSR count). The predicted molar refractivity (Wildman–Crippen MR) is 87.2 cm³/mol. The summed E-state index contributed by atoms with van der Waals surface area (Å²) in [4.78, 5) is 0. The van der Waals surface area contributed by atoms with Gasteiger partial charge in [-0.2, -0.15) is 0 Å². The monoisotopic (exact) mass is 298 g/mol. The largest absolute Gasteiger partial charge is 0.306 e. The molecule has 0 amide bonds. The molecule has 0 unspecified atom stereocenters. The van der Waals surface area contributed by atoms with Gasteiger partial charge in [-0.3, -0.25) is 4.57 Å². The van der Waals surface area contributed by atoms with E-state index in [0.717, 1.165) is 36.9 Å². The van der Waals surface area contributed by atoms with Crippen molar-refractivity contribution in [2.75, 3.05) is 17.8 Å². The van der Waals surface area contributed by atoms with Crippen LogP contribution in [0.15, 0.2) is 60.7 Å². The molecular weight excluding hydrogens is 279 g/mol. The van der Waals surface area contributed by atoms with Crippen LogP contribution in [-0.4, -0.2) is 23.8 Å². The topological polar surface area (TPSA) is 23.6 Å². The zero-order valence-electron chi connectivity index (χ0n) is 11.9. The summed E-state index contributed by atoms with van der Waals surface area (Å²) in [6, 6.07) is 20.6. The Balaban J connectivity index is 1.85. The zero-order valence-corrected chi connectivity index (χ0v) is 12.8. The molecular formula is C17H19N2OP. The van der Waals surface area contributed by atoms with Crippen LogP contribution in [0.2, 0.25) is 0 Å². The first-order valence-corrected chi connectivity index (χ1v) is 9.17. The van der Waals surface area contributed by atoms with E-state index in [1.165, 1.54) is 0 Å². The predicted octanol–water partition coefficient (Wildman–Crippen LogP) is 3.49. The van der Waals surface area contributed by atoms with Gasteiger partial charge in [-0.1, -0.05) is 36.4 Å². The number of hydrogen-bond acceptors (Lipinski definition) is 1. The second-order valence-electron chi connectivity index (χ2n) is 5.76. The van der Waals surface area contributed by atoms with E-state index < -0.39 is 7.44 Å². The van der Waals surface area contributed by atoms with Gasteiger partial charge < -0.3 is 4.67 Å². The van der Waals surface area contributed by atoms with Crippen LogP contribution in [0.1, 0.15) is 12.8 Å². The molecule has 0 saturated carbocycles. The van der Waals surface area contributed by atoms with Crippen molar-refractivity contribution in [3.05, 3.63) is 60.7 Å². The zero-order chi connectivity index (χ0) is 14.3. The Morgan fingerprint density at radius 2 is 1.62 bits per heavy atom. The van der Waals surface area contributed by atoms with Crippen LogP contribution >= 0.6 is 7.44 Å². The molecule has 0 aliphatic carbocycles. The van der Waals surface area contributed by atoms with E-state index >= 15 is 0 Å². The fourth-order valence-electron chi connectivity index (χ4n) is 3.58. The Morgan fingerprint density at radius 3 is 2.33 bits per heavy atom. The van der Waals surface area contributed by atoms with Gasteiger partial charge in [0.25, 0.3) is 7.44 Å². The van der Waals surface area contributed by atoms with Gasteiger partial charge in [0.2, 0.25) is 0 Å². The highest BCUT2D eigenvalue weighted by Crippen LogP contribution is 2.61. The molecule has 0 spiro atoms. The molecule has 0 N–H and O–H groups in total. The van der Waals surface area contributed by atoms with Crippen molar-refractivity contribution in [2.45, 2.75) is 18.9 Å². The fourth-order valence-corrected chi connectivity index (χ4v) is 6.90. The van der Waals surface area contributed by atoms with E-state index in [9.17, 15) is 4.57 Å². The van der Waals surface area contributed by atoms with Crippen LogP contribution in [0.4, 0.5) is 5.69 Å². The first-order valence-electron chi connectivity index (χ1n) is 7.56. The van der Waals surface area contributed by atoms with E-state index in [1.54, 1.807) is 0 Å². The van der Waals surface area contributed by atoms with Gasteiger partial charge >= 0.3 is 0 Å². The standard InChI is InChI=1S/C17H19N2OP/c20-21(17-11-5-2-6-12-17)18-13-7-10-16(18)14-19(21)15-8-3-1-4-9-15/h1-6,8-9,11-12,16H,7,10,13-14H2/t16-,21+/m0/s1. The molecule has 0 bridgehead atoms. The van der Waals surface area contributed by atoms with E-state index in [4.69, 9.17) is 0 Å². The highest BCUT2D eigenvalue weighted by molar-refractivity contribution is 7.71. The molecule has 2 aromatic carbocycles. The van der Waals surface area contributed by atoms with Crippen molar-refractivity contribution in [1.29, 1.82) is 0 Å². The van der Waals surface area contributed by atoms with Gasteiger partial charge in [-0.25, -0.2) is 4.67 Å². The number of para-hydroxylation sites is 1. The molecule has 4 heteroatoms. The molecule has 2 atom stereocenters. The van der Waals surface area contributed by atoms with Crippen LogP contribution in [0.3, 0.4) is 0 Å². The third-order valence-corrected chi connectivity index (χ3v) is 7.79. The van der Waals surface area contributed by atoms with Crippen molar-refractivity contribution in [3.63, 3.8) is 0 Å². The summed E-state index contributed by atoms with van der Waals surface area (Å²) in [7, 11) is -2.69. The van der Waals surface area contributed by atoms with Crippen molar-refractivity contribution >= 4 is 18.4 Å². The molecule has 21 heavy (non-hydrogen) atoms. The minimum atomic E-state index is -2.69. The summed E-state index contributed by atoms with van der Waals surface area (Å²) >= 11 is 0. The Hall–Kier alpha value is -1.57. The van der Waals surface area contributed by atoms with Gasteiger partial charge in [0.1, 0.15) is 0 Å². The molecule has 2 heterocycles. The van der Waals surface area contributed by atoms with E-state index in [-0.39, 0.29) is 0 Å². The number of anilines is 1. The number of rotatable bonds is 2. The third-order valence-electron chi connectivity index (χ3n) is 4.55. The minimum absolute atomic E-state index is 0.427. The maximum absolute atomic E-state index is 14.0. The van der Waals surface area contributed by atoms with Crippen LogP contribution in [-0.2, 0) is 4.57 Å². The number of fused-ring (bicyclic) bond motifs is 1. The number of hydrogen-bond donors (Lipinski definition) is 0. The lowest BCUT2D eigenvalue weighted by Gasteiger charge is -2.31. The van der Waals surface area contributed by atoms with Crippen LogP contribution in [0.25, 0.3) is 0 Å². The average Bonchev–Trinajstić information content (AvgIpc) is 3.12. The molecule has 2 saturated heterocycles. The normalized spacial score (nSPS) is 28.8. The number of benzene rings is 2. The molecule has 2 aromatic rings. The molecule has 2 fully saturated rings. The summed E-state index contributed by atoms with van der Waals surface area (Å²) in [5.41, 5.74) is 1.07. The van der Waals surface area contributed by atoms with Crippen molar-refractivity contribution < 1.29 is 4.57 Å².